The van der Waals surface area contributed by atoms with Crippen LogP contribution in [0, 0.1) is 0 Å². The fourth-order valence-electron chi connectivity index (χ4n) is 1.96. The van der Waals surface area contributed by atoms with Crippen molar-refractivity contribution in [2.24, 2.45) is 0 Å². The van der Waals surface area contributed by atoms with Crippen molar-refractivity contribution >= 4 is 10.9 Å². The first-order valence-electron chi connectivity index (χ1n) is 5.83. The Morgan fingerprint density at radius 2 is 2.06 bits per heavy atom. The van der Waals surface area contributed by atoms with Gasteiger partial charge in [0.25, 0.3) is 0 Å². The van der Waals surface area contributed by atoms with Gasteiger partial charge in [-0.2, -0.15) is 5.10 Å². The molecule has 0 spiro atoms. The highest BCUT2D eigenvalue weighted by molar-refractivity contribution is 5.79. The summed E-state index contributed by atoms with van der Waals surface area (Å²) in [5.74, 6) is 0.717. The molecule has 2 heterocycles. The highest BCUT2D eigenvalue weighted by Gasteiger charge is 2.07. The number of hydrogen-bond donors (Lipinski definition) is 1. The minimum atomic E-state index is -0.506. The maximum atomic E-state index is 9.60. The molecule has 0 unspecified atom stereocenters. The van der Waals surface area contributed by atoms with Crippen molar-refractivity contribution in [3.63, 3.8) is 0 Å². The first kappa shape index (κ1) is 10.9. The number of aliphatic hydroxyl groups is 1. The fourth-order valence-corrected chi connectivity index (χ4v) is 1.96. The molecule has 0 aliphatic rings. The predicted octanol–water partition coefficient (Wildman–Crippen LogP) is 2.47. The lowest BCUT2D eigenvalue weighted by molar-refractivity contribution is 0.199. The van der Waals surface area contributed by atoms with Crippen molar-refractivity contribution in [3.05, 3.63) is 54.4 Å². The average Bonchev–Trinajstić information content (AvgIpc) is 2.82. The molecule has 3 rings (SSSR count). The van der Waals surface area contributed by atoms with E-state index >= 15 is 0 Å². The summed E-state index contributed by atoms with van der Waals surface area (Å²) < 4.78 is 1.78. The Bertz CT molecular complexity index is 688. The van der Waals surface area contributed by atoms with Crippen molar-refractivity contribution < 1.29 is 5.11 Å². The lowest BCUT2D eigenvalue weighted by Gasteiger charge is -2.07. The van der Waals surface area contributed by atoms with E-state index in [9.17, 15) is 5.11 Å². The van der Waals surface area contributed by atoms with Gasteiger partial charge in [0.15, 0.2) is 5.82 Å². The molecular formula is C14H13N3O. The van der Waals surface area contributed by atoms with Gasteiger partial charge in [0, 0.05) is 11.6 Å². The van der Waals surface area contributed by atoms with Gasteiger partial charge < -0.3 is 5.11 Å². The fraction of sp³-hybridized carbons (Fsp3) is 0.143. The maximum Gasteiger partial charge on any atom is 0.154 e. The quantitative estimate of drug-likeness (QED) is 0.747. The summed E-state index contributed by atoms with van der Waals surface area (Å²) in [6, 6.07) is 11.6. The lowest BCUT2D eigenvalue weighted by atomic mass is 10.2. The van der Waals surface area contributed by atoms with Crippen LogP contribution < -0.4 is 0 Å². The highest BCUT2D eigenvalue weighted by atomic mass is 16.3. The van der Waals surface area contributed by atoms with Gasteiger partial charge >= 0.3 is 0 Å². The Labute approximate surface area is 105 Å². The van der Waals surface area contributed by atoms with Crippen LogP contribution in [-0.4, -0.2) is 19.9 Å². The van der Waals surface area contributed by atoms with E-state index in [2.05, 4.69) is 10.1 Å². The van der Waals surface area contributed by atoms with E-state index in [1.165, 1.54) is 0 Å². The zero-order chi connectivity index (χ0) is 12.5. The van der Waals surface area contributed by atoms with Gasteiger partial charge in [-0.05, 0) is 30.7 Å². The Kier molecular flexibility index (Phi) is 2.57. The monoisotopic (exact) mass is 239 g/mol. The second kappa shape index (κ2) is 4.23. The van der Waals surface area contributed by atoms with E-state index in [4.69, 9.17) is 0 Å². The Hall–Kier alpha value is -2.20. The molecule has 1 atom stereocenters. The third kappa shape index (κ3) is 1.76. The molecule has 90 valence electrons. The number of aromatic nitrogens is 3. The Morgan fingerprint density at radius 3 is 2.89 bits per heavy atom. The molecule has 2 aromatic heterocycles. The van der Waals surface area contributed by atoms with Crippen LogP contribution in [0.4, 0.5) is 0 Å². The number of para-hydroxylation sites is 1. The van der Waals surface area contributed by atoms with Gasteiger partial charge in [-0.15, -0.1) is 0 Å². The first-order valence-corrected chi connectivity index (χ1v) is 5.83. The summed E-state index contributed by atoms with van der Waals surface area (Å²) in [4.78, 5) is 4.30. The van der Waals surface area contributed by atoms with Crippen LogP contribution in [0.5, 0.6) is 0 Å². The van der Waals surface area contributed by atoms with E-state index in [0.717, 1.165) is 22.3 Å². The van der Waals surface area contributed by atoms with E-state index in [1.807, 2.05) is 36.5 Å². The molecule has 0 fully saturated rings. The molecule has 0 bridgehead atoms. The van der Waals surface area contributed by atoms with Crippen molar-refractivity contribution in [3.8, 4) is 5.82 Å². The number of hydrogen-bond acceptors (Lipinski definition) is 3. The zero-order valence-corrected chi connectivity index (χ0v) is 9.99. The van der Waals surface area contributed by atoms with Crippen LogP contribution in [0.15, 0.2) is 48.8 Å². The summed E-state index contributed by atoms with van der Waals surface area (Å²) in [7, 11) is 0. The lowest BCUT2D eigenvalue weighted by Crippen LogP contribution is -2.01. The molecule has 0 amide bonds. The van der Waals surface area contributed by atoms with Gasteiger partial charge in [-0.1, -0.05) is 18.2 Å². The number of fused-ring (bicyclic) bond motifs is 1. The molecule has 0 saturated carbocycles. The molecular weight excluding hydrogens is 226 g/mol. The molecule has 0 aliphatic heterocycles. The second-order valence-corrected chi connectivity index (χ2v) is 4.24. The number of nitrogens with zero attached hydrogens (tertiary/aromatic N) is 3. The van der Waals surface area contributed by atoms with E-state index in [1.54, 1.807) is 23.9 Å². The van der Waals surface area contributed by atoms with Crippen molar-refractivity contribution in [2.45, 2.75) is 13.0 Å². The van der Waals surface area contributed by atoms with Crippen LogP contribution >= 0.6 is 0 Å². The van der Waals surface area contributed by atoms with Gasteiger partial charge in [0.2, 0.25) is 0 Å². The summed E-state index contributed by atoms with van der Waals surface area (Å²) in [6.45, 7) is 1.74. The van der Waals surface area contributed by atoms with Crippen LogP contribution in [-0.2, 0) is 0 Å². The molecule has 4 heteroatoms. The predicted molar refractivity (Wildman–Crippen MR) is 69.5 cm³/mol. The third-order valence-electron chi connectivity index (χ3n) is 2.95. The third-order valence-corrected chi connectivity index (χ3v) is 2.95. The zero-order valence-electron chi connectivity index (χ0n) is 9.99. The summed E-state index contributed by atoms with van der Waals surface area (Å²) >= 11 is 0. The molecule has 4 nitrogen and oxygen atoms in total. The minimum absolute atomic E-state index is 0.506. The molecule has 1 aromatic carbocycles. The number of rotatable bonds is 2. The molecule has 3 aromatic rings. The molecule has 1 N–H and O–H groups in total. The van der Waals surface area contributed by atoms with Gasteiger partial charge in [0.05, 0.1) is 17.8 Å². The summed E-state index contributed by atoms with van der Waals surface area (Å²) in [5.41, 5.74) is 1.84. The van der Waals surface area contributed by atoms with Gasteiger partial charge in [-0.25, -0.2) is 9.67 Å². The van der Waals surface area contributed by atoms with E-state index < -0.39 is 6.10 Å². The minimum Gasteiger partial charge on any atom is -0.389 e. The van der Waals surface area contributed by atoms with Crippen LogP contribution in [0.25, 0.3) is 16.7 Å². The summed E-state index contributed by atoms with van der Waals surface area (Å²) in [5, 5.41) is 15.0. The average molecular weight is 239 g/mol. The Balaban J connectivity index is 2.17. The van der Waals surface area contributed by atoms with Crippen LogP contribution in [0.1, 0.15) is 18.6 Å². The normalized spacial score (nSPS) is 12.8. The van der Waals surface area contributed by atoms with Crippen LogP contribution in [0.2, 0.25) is 0 Å². The number of benzene rings is 1. The smallest absolute Gasteiger partial charge is 0.154 e. The molecule has 0 aliphatic carbocycles. The van der Waals surface area contributed by atoms with Crippen molar-refractivity contribution in [1.82, 2.24) is 14.8 Å². The number of aliphatic hydroxyl groups excluding tert-OH is 1. The maximum absolute atomic E-state index is 9.60. The van der Waals surface area contributed by atoms with Gasteiger partial charge in [-0.3, -0.25) is 0 Å². The standard InChI is InChI=1S/C14H13N3O/c1-10(18)11-6-7-15-14(8-11)17-13-5-3-2-4-12(13)9-16-17/h2-10,18H,1H3/t10-/m1/s1. The van der Waals surface area contributed by atoms with E-state index in [-0.39, 0.29) is 0 Å². The number of pyridine rings is 1. The van der Waals surface area contributed by atoms with Gasteiger partial charge in [0.1, 0.15) is 0 Å². The van der Waals surface area contributed by atoms with Crippen molar-refractivity contribution in [2.75, 3.05) is 0 Å². The van der Waals surface area contributed by atoms with Crippen molar-refractivity contribution in [1.29, 1.82) is 0 Å². The largest absolute Gasteiger partial charge is 0.389 e. The second-order valence-electron chi connectivity index (χ2n) is 4.24. The summed E-state index contributed by atoms with van der Waals surface area (Å²) in [6.07, 6.45) is 2.99. The van der Waals surface area contributed by atoms with Crippen LogP contribution in [0.3, 0.4) is 0 Å². The SMILES string of the molecule is C[C@@H](O)c1ccnc(-n2ncc3ccccc32)c1. The topological polar surface area (TPSA) is 50.9 Å². The molecule has 0 radical (unpaired) electrons. The van der Waals surface area contributed by atoms with E-state index in [0.29, 0.717) is 0 Å². The highest BCUT2D eigenvalue weighted by Crippen LogP contribution is 2.19. The molecule has 18 heavy (non-hydrogen) atoms. The first-order chi connectivity index (χ1) is 8.75. The molecule has 0 saturated heterocycles. The Morgan fingerprint density at radius 1 is 1.22 bits per heavy atom.